The van der Waals surface area contributed by atoms with Crippen LogP contribution < -0.4 is 5.32 Å². The van der Waals surface area contributed by atoms with Crippen molar-refractivity contribution >= 4 is 29.1 Å². The van der Waals surface area contributed by atoms with E-state index in [1.807, 2.05) is 56.6 Å². The van der Waals surface area contributed by atoms with E-state index in [1.54, 1.807) is 4.90 Å². The van der Waals surface area contributed by atoms with Gasteiger partial charge < -0.3 is 10.2 Å². The molecule has 2 aromatic carbocycles. The average Bonchev–Trinajstić information content (AvgIpc) is 2.43. The Morgan fingerprint density at radius 2 is 1.84 bits per heavy atom. The summed E-state index contributed by atoms with van der Waals surface area (Å²) in [6.45, 7) is 1.51. The number of nitrogens with zero attached hydrogens (tertiary/aromatic N) is 1. The van der Waals surface area contributed by atoms with E-state index in [9.17, 15) is 4.79 Å². The van der Waals surface area contributed by atoms with Crippen LogP contribution in [0.2, 0.25) is 0 Å². The molecular weight excluding hydrogens is 260 g/mol. The third-order valence-corrected chi connectivity index (χ3v) is 3.06. The molecule has 19 heavy (non-hydrogen) atoms. The molecule has 0 unspecified atom stereocenters. The molecule has 3 nitrogen and oxygen atoms in total. The van der Waals surface area contributed by atoms with Crippen molar-refractivity contribution in [2.24, 2.45) is 0 Å². The zero-order chi connectivity index (χ0) is 13.0. The second-order valence-electron chi connectivity index (χ2n) is 4.36. The first-order valence-electron chi connectivity index (χ1n) is 6.12. The van der Waals surface area contributed by atoms with E-state index in [1.165, 1.54) is 0 Å². The van der Waals surface area contributed by atoms with Crippen LogP contribution in [0.3, 0.4) is 0 Å². The molecule has 0 aliphatic rings. The van der Waals surface area contributed by atoms with Crippen molar-refractivity contribution in [2.75, 3.05) is 27.2 Å². The first-order chi connectivity index (χ1) is 8.74. The van der Waals surface area contributed by atoms with Crippen molar-refractivity contribution in [3.05, 3.63) is 48.0 Å². The summed E-state index contributed by atoms with van der Waals surface area (Å²) in [5.41, 5.74) is 0.770. The second kappa shape index (κ2) is 7.12. The van der Waals surface area contributed by atoms with E-state index in [0.29, 0.717) is 6.54 Å². The van der Waals surface area contributed by atoms with E-state index in [4.69, 9.17) is 0 Å². The number of carbonyl (C=O) groups is 1. The van der Waals surface area contributed by atoms with Gasteiger partial charge in [0.2, 0.25) is 0 Å². The van der Waals surface area contributed by atoms with Gasteiger partial charge in [-0.2, -0.15) is 0 Å². The molecule has 0 aliphatic heterocycles. The molecule has 2 rings (SSSR count). The normalized spacial score (nSPS) is 10.0. The van der Waals surface area contributed by atoms with Gasteiger partial charge in [-0.05, 0) is 23.9 Å². The fourth-order valence-corrected chi connectivity index (χ4v) is 2.00. The summed E-state index contributed by atoms with van der Waals surface area (Å²) in [6.07, 6.45) is 0. The number of carbonyl (C=O) groups excluding carboxylic acids is 1. The highest BCUT2D eigenvalue weighted by Crippen LogP contribution is 2.19. The molecule has 0 bridgehead atoms. The highest BCUT2D eigenvalue weighted by molar-refractivity contribution is 6.06. The van der Waals surface area contributed by atoms with Crippen LogP contribution in [0.1, 0.15) is 10.4 Å². The van der Waals surface area contributed by atoms with E-state index in [0.717, 1.165) is 22.9 Å². The molecular formula is C15H19ClN2O. The van der Waals surface area contributed by atoms with E-state index in [2.05, 4.69) is 5.32 Å². The maximum Gasteiger partial charge on any atom is 0.254 e. The minimum atomic E-state index is 0. The van der Waals surface area contributed by atoms with E-state index < -0.39 is 0 Å². The van der Waals surface area contributed by atoms with Gasteiger partial charge in [-0.3, -0.25) is 4.79 Å². The number of rotatable bonds is 4. The van der Waals surface area contributed by atoms with Crippen LogP contribution >= 0.6 is 12.4 Å². The number of fused-ring (bicyclic) bond motifs is 1. The minimum absolute atomic E-state index is 0. The van der Waals surface area contributed by atoms with Crippen LogP contribution in [0.15, 0.2) is 42.5 Å². The lowest BCUT2D eigenvalue weighted by Gasteiger charge is -2.18. The van der Waals surface area contributed by atoms with Gasteiger partial charge >= 0.3 is 0 Å². The summed E-state index contributed by atoms with van der Waals surface area (Å²) in [5.74, 6) is 0.0713. The summed E-state index contributed by atoms with van der Waals surface area (Å²) in [4.78, 5) is 14.1. The van der Waals surface area contributed by atoms with Crippen LogP contribution in [0.4, 0.5) is 0 Å². The zero-order valence-corrected chi connectivity index (χ0v) is 12.0. The second-order valence-corrected chi connectivity index (χ2v) is 4.36. The van der Waals surface area contributed by atoms with E-state index >= 15 is 0 Å². The Labute approximate surface area is 120 Å². The third kappa shape index (κ3) is 3.46. The lowest BCUT2D eigenvalue weighted by molar-refractivity contribution is 0.0799. The SMILES string of the molecule is CNCCN(C)C(=O)c1cccc2ccccc12.Cl. The Kier molecular flexibility index (Phi) is 5.80. The van der Waals surface area contributed by atoms with Crippen molar-refractivity contribution < 1.29 is 4.79 Å². The smallest absolute Gasteiger partial charge is 0.254 e. The summed E-state index contributed by atoms with van der Waals surface area (Å²) < 4.78 is 0. The zero-order valence-electron chi connectivity index (χ0n) is 11.2. The monoisotopic (exact) mass is 278 g/mol. The standard InChI is InChI=1S/C15H18N2O.ClH/c1-16-10-11-17(2)15(18)14-9-5-7-12-6-3-4-8-13(12)14;/h3-9,16H,10-11H2,1-2H3;1H. The highest BCUT2D eigenvalue weighted by Gasteiger charge is 2.13. The average molecular weight is 279 g/mol. The van der Waals surface area contributed by atoms with Gasteiger partial charge in [0.1, 0.15) is 0 Å². The topological polar surface area (TPSA) is 32.3 Å². The molecule has 2 aromatic rings. The summed E-state index contributed by atoms with van der Waals surface area (Å²) in [5, 5.41) is 5.17. The fraction of sp³-hybridized carbons (Fsp3) is 0.267. The van der Waals surface area contributed by atoms with Crippen LogP contribution in [0, 0.1) is 0 Å². The number of benzene rings is 2. The van der Waals surface area contributed by atoms with Gasteiger partial charge in [-0.25, -0.2) is 0 Å². The lowest BCUT2D eigenvalue weighted by Crippen LogP contribution is -2.32. The van der Waals surface area contributed by atoms with E-state index in [-0.39, 0.29) is 18.3 Å². The fourth-order valence-electron chi connectivity index (χ4n) is 2.00. The number of hydrogen-bond donors (Lipinski definition) is 1. The first-order valence-corrected chi connectivity index (χ1v) is 6.12. The van der Waals surface area contributed by atoms with Crippen LogP contribution in [-0.4, -0.2) is 38.0 Å². The molecule has 0 saturated carbocycles. The number of halogens is 1. The van der Waals surface area contributed by atoms with Gasteiger partial charge in [0.05, 0.1) is 0 Å². The van der Waals surface area contributed by atoms with Crippen molar-refractivity contribution in [2.45, 2.75) is 0 Å². The molecule has 0 atom stereocenters. The molecule has 0 radical (unpaired) electrons. The first kappa shape index (κ1) is 15.5. The maximum absolute atomic E-state index is 12.4. The number of nitrogens with one attached hydrogen (secondary N) is 1. The Bertz CT molecular complexity index is 551. The molecule has 0 aliphatic carbocycles. The quantitative estimate of drug-likeness (QED) is 0.932. The predicted octanol–water partition coefficient (Wildman–Crippen LogP) is 2.55. The predicted molar refractivity (Wildman–Crippen MR) is 82.1 cm³/mol. The molecule has 0 fully saturated rings. The Morgan fingerprint density at radius 3 is 2.58 bits per heavy atom. The van der Waals surface area contributed by atoms with Crippen molar-refractivity contribution in [1.82, 2.24) is 10.2 Å². The minimum Gasteiger partial charge on any atom is -0.340 e. The van der Waals surface area contributed by atoms with Gasteiger partial charge in [0, 0.05) is 25.7 Å². The molecule has 1 amide bonds. The molecule has 102 valence electrons. The van der Waals surface area contributed by atoms with Crippen molar-refractivity contribution in [1.29, 1.82) is 0 Å². The maximum atomic E-state index is 12.4. The Balaban J connectivity index is 0.00000180. The number of likely N-dealkylation sites (N-methyl/N-ethyl adjacent to an activating group) is 2. The van der Waals surface area contributed by atoms with Gasteiger partial charge in [0.15, 0.2) is 0 Å². The summed E-state index contributed by atoms with van der Waals surface area (Å²) >= 11 is 0. The molecule has 4 heteroatoms. The van der Waals surface area contributed by atoms with Crippen LogP contribution in [0.25, 0.3) is 10.8 Å². The molecule has 0 aromatic heterocycles. The molecule has 0 heterocycles. The highest BCUT2D eigenvalue weighted by atomic mass is 35.5. The largest absolute Gasteiger partial charge is 0.340 e. The molecule has 1 N–H and O–H groups in total. The van der Waals surface area contributed by atoms with Crippen molar-refractivity contribution in [3.63, 3.8) is 0 Å². The van der Waals surface area contributed by atoms with Gasteiger partial charge in [-0.1, -0.05) is 36.4 Å². The Morgan fingerprint density at radius 1 is 1.16 bits per heavy atom. The van der Waals surface area contributed by atoms with Gasteiger partial charge in [-0.15, -0.1) is 12.4 Å². The number of amides is 1. The lowest BCUT2D eigenvalue weighted by atomic mass is 10.0. The third-order valence-electron chi connectivity index (χ3n) is 3.06. The van der Waals surface area contributed by atoms with Crippen LogP contribution in [0.5, 0.6) is 0 Å². The summed E-state index contributed by atoms with van der Waals surface area (Å²) in [6, 6.07) is 13.8. The molecule has 0 saturated heterocycles. The summed E-state index contributed by atoms with van der Waals surface area (Å²) in [7, 11) is 3.72. The molecule has 0 spiro atoms. The van der Waals surface area contributed by atoms with Crippen molar-refractivity contribution in [3.8, 4) is 0 Å². The Hall–Kier alpha value is -1.58. The van der Waals surface area contributed by atoms with Gasteiger partial charge in [0.25, 0.3) is 5.91 Å². The number of hydrogen-bond acceptors (Lipinski definition) is 2. The van der Waals surface area contributed by atoms with Crippen LogP contribution in [-0.2, 0) is 0 Å².